The molecule has 1 aliphatic carbocycles. The van der Waals surface area contributed by atoms with E-state index in [9.17, 15) is 12.8 Å². The van der Waals surface area contributed by atoms with E-state index in [-0.39, 0.29) is 22.7 Å². The van der Waals surface area contributed by atoms with Gasteiger partial charge in [0.2, 0.25) is 10.0 Å². The molecule has 0 spiro atoms. The van der Waals surface area contributed by atoms with Crippen LogP contribution in [0.3, 0.4) is 0 Å². The van der Waals surface area contributed by atoms with Crippen LogP contribution in [0.4, 0.5) is 10.1 Å². The number of anilines is 1. The van der Waals surface area contributed by atoms with Crippen molar-refractivity contribution in [3.05, 3.63) is 23.5 Å². The number of nitrogen functional groups attached to an aromatic ring is 1. The molecule has 0 saturated heterocycles. The molecule has 7 heteroatoms. The summed E-state index contributed by atoms with van der Waals surface area (Å²) in [4.78, 5) is -0.0314. The summed E-state index contributed by atoms with van der Waals surface area (Å²) in [5, 5.41) is 0. The van der Waals surface area contributed by atoms with Crippen molar-refractivity contribution < 1.29 is 17.5 Å². The van der Waals surface area contributed by atoms with E-state index in [2.05, 4.69) is 4.72 Å². The van der Waals surface area contributed by atoms with Gasteiger partial charge in [0.1, 0.15) is 5.82 Å². The maximum atomic E-state index is 13.4. The van der Waals surface area contributed by atoms with Crippen molar-refractivity contribution in [2.45, 2.75) is 24.7 Å². The van der Waals surface area contributed by atoms with Crippen molar-refractivity contribution in [2.75, 3.05) is 25.5 Å². The fourth-order valence-corrected chi connectivity index (χ4v) is 2.92. The maximum absolute atomic E-state index is 13.4. The van der Waals surface area contributed by atoms with E-state index >= 15 is 0 Å². The number of rotatable bonds is 7. The summed E-state index contributed by atoms with van der Waals surface area (Å²) in [6.07, 6.45) is 2.39. The van der Waals surface area contributed by atoms with Crippen LogP contribution >= 0.6 is 0 Å². The predicted octanol–water partition coefficient (Wildman–Crippen LogP) is 1.42. The van der Waals surface area contributed by atoms with E-state index in [1.165, 1.54) is 25.8 Å². The highest BCUT2D eigenvalue weighted by atomic mass is 32.2. The number of ether oxygens (including phenoxy) is 1. The molecular weight excluding hydrogens is 283 g/mol. The number of hydrogen-bond donors (Lipinski definition) is 2. The highest BCUT2D eigenvalue weighted by molar-refractivity contribution is 7.89. The van der Waals surface area contributed by atoms with Gasteiger partial charge in [0, 0.05) is 13.2 Å². The van der Waals surface area contributed by atoms with Gasteiger partial charge in [-0.2, -0.15) is 0 Å². The van der Waals surface area contributed by atoms with Crippen molar-refractivity contribution in [1.82, 2.24) is 4.72 Å². The van der Waals surface area contributed by atoms with Crippen LogP contribution in [0.5, 0.6) is 0 Å². The van der Waals surface area contributed by atoms with Crippen LogP contribution in [0, 0.1) is 18.7 Å². The van der Waals surface area contributed by atoms with E-state index < -0.39 is 15.8 Å². The first-order chi connectivity index (χ1) is 9.40. The van der Waals surface area contributed by atoms with Gasteiger partial charge in [-0.25, -0.2) is 17.5 Å². The van der Waals surface area contributed by atoms with Gasteiger partial charge in [-0.3, -0.25) is 0 Å². The Hall–Kier alpha value is -1.18. The van der Waals surface area contributed by atoms with Gasteiger partial charge >= 0.3 is 0 Å². The maximum Gasteiger partial charge on any atom is 0.240 e. The zero-order chi connectivity index (χ0) is 14.8. The first kappa shape index (κ1) is 15.2. The lowest BCUT2D eigenvalue weighted by molar-refractivity contribution is 0.129. The van der Waals surface area contributed by atoms with Gasteiger partial charge in [0.25, 0.3) is 0 Å². The van der Waals surface area contributed by atoms with Crippen LogP contribution < -0.4 is 10.5 Å². The third-order valence-electron chi connectivity index (χ3n) is 3.16. The Balaban J connectivity index is 1.91. The van der Waals surface area contributed by atoms with Crippen LogP contribution in [-0.4, -0.2) is 28.2 Å². The molecule has 0 aliphatic heterocycles. The second kappa shape index (κ2) is 6.07. The van der Waals surface area contributed by atoms with E-state index in [4.69, 9.17) is 10.5 Å². The molecule has 1 aromatic carbocycles. The average molecular weight is 302 g/mol. The standard InChI is InChI=1S/C13H19FN2O3S/c1-9-6-11(7-12(15)13(9)14)20(17,18)16-4-5-19-8-10-2-3-10/h6-7,10,16H,2-5,8,15H2,1H3. The Labute approximate surface area is 118 Å². The number of hydrogen-bond acceptors (Lipinski definition) is 4. The Morgan fingerprint density at radius 2 is 2.15 bits per heavy atom. The molecule has 0 radical (unpaired) electrons. The molecule has 0 heterocycles. The summed E-state index contributed by atoms with van der Waals surface area (Å²) in [5.74, 6) is 0.0582. The van der Waals surface area contributed by atoms with E-state index in [1.54, 1.807) is 0 Å². The van der Waals surface area contributed by atoms with Crippen molar-refractivity contribution in [3.8, 4) is 0 Å². The van der Waals surface area contributed by atoms with Gasteiger partial charge in [-0.05, 0) is 43.4 Å². The van der Waals surface area contributed by atoms with Gasteiger partial charge in [0.15, 0.2) is 0 Å². The molecule has 0 bridgehead atoms. The lowest BCUT2D eigenvalue weighted by Crippen LogP contribution is -2.28. The van der Waals surface area contributed by atoms with Crippen LogP contribution in [0.1, 0.15) is 18.4 Å². The summed E-state index contributed by atoms with van der Waals surface area (Å²) in [6.45, 7) is 2.67. The van der Waals surface area contributed by atoms with Crippen molar-refractivity contribution in [1.29, 1.82) is 0 Å². The van der Waals surface area contributed by atoms with Crippen molar-refractivity contribution in [2.24, 2.45) is 5.92 Å². The van der Waals surface area contributed by atoms with Gasteiger partial charge < -0.3 is 10.5 Å². The number of sulfonamides is 1. The fourth-order valence-electron chi connectivity index (χ4n) is 1.78. The lowest BCUT2D eigenvalue weighted by atomic mass is 10.2. The summed E-state index contributed by atoms with van der Waals surface area (Å²) in [6, 6.07) is 2.38. The molecule has 0 atom stereocenters. The zero-order valence-electron chi connectivity index (χ0n) is 11.4. The molecule has 1 fully saturated rings. The SMILES string of the molecule is Cc1cc(S(=O)(=O)NCCOCC2CC2)cc(N)c1F. The monoisotopic (exact) mass is 302 g/mol. The molecule has 0 amide bonds. The second-order valence-corrected chi connectivity index (χ2v) is 6.83. The molecule has 20 heavy (non-hydrogen) atoms. The minimum Gasteiger partial charge on any atom is -0.396 e. The first-order valence-corrected chi connectivity index (χ1v) is 8.01. The van der Waals surface area contributed by atoms with E-state index in [0.717, 1.165) is 6.07 Å². The number of halogens is 1. The summed E-state index contributed by atoms with van der Waals surface area (Å²) < 4.78 is 45.2. The van der Waals surface area contributed by atoms with Crippen molar-refractivity contribution >= 4 is 15.7 Å². The van der Waals surface area contributed by atoms with Crippen molar-refractivity contribution in [3.63, 3.8) is 0 Å². The Morgan fingerprint density at radius 3 is 2.75 bits per heavy atom. The number of nitrogens with one attached hydrogen (secondary N) is 1. The second-order valence-electron chi connectivity index (χ2n) is 5.06. The molecule has 1 saturated carbocycles. The van der Waals surface area contributed by atoms with Crippen LogP contribution in [0.15, 0.2) is 17.0 Å². The number of benzene rings is 1. The minimum absolute atomic E-state index is 0.0314. The van der Waals surface area contributed by atoms with Gasteiger partial charge in [-0.15, -0.1) is 0 Å². The Morgan fingerprint density at radius 1 is 1.45 bits per heavy atom. The Kier molecular flexibility index (Phi) is 4.62. The quantitative estimate of drug-likeness (QED) is 0.589. The number of aryl methyl sites for hydroxylation is 1. The highest BCUT2D eigenvalue weighted by Crippen LogP contribution is 2.28. The lowest BCUT2D eigenvalue weighted by Gasteiger charge is -2.09. The van der Waals surface area contributed by atoms with Gasteiger partial charge in [0.05, 0.1) is 17.2 Å². The zero-order valence-corrected chi connectivity index (χ0v) is 12.2. The van der Waals surface area contributed by atoms with Crippen LogP contribution in [0.25, 0.3) is 0 Å². The summed E-state index contributed by atoms with van der Waals surface area (Å²) in [7, 11) is -3.68. The third kappa shape index (κ3) is 3.91. The normalized spacial score (nSPS) is 15.5. The van der Waals surface area contributed by atoms with Crippen LogP contribution in [-0.2, 0) is 14.8 Å². The molecule has 5 nitrogen and oxygen atoms in total. The molecular formula is C13H19FN2O3S. The Bertz CT molecular complexity index is 562. The molecule has 0 aromatic heterocycles. The number of nitrogens with two attached hydrogens (primary N) is 1. The average Bonchev–Trinajstić information content (AvgIpc) is 3.19. The first-order valence-electron chi connectivity index (χ1n) is 6.53. The highest BCUT2D eigenvalue weighted by Gasteiger charge is 2.21. The smallest absolute Gasteiger partial charge is 0.240 e. The van der Waals surface area contributed by atoms with Crippen LogP contribution in [0.2, 0.25) is 0 Å². The largest absolute Gasteiger partial charge is 0.396 e. The molecule has 1 aromatic rings. The molecule has 2 rings (SSSR count). The van der Waals surface area contributed by atoms with E-state index in [0.29, 0.717) is 19.1 Å². The molecule has 112 valence electrons. The molecule has 3 N–H and O–H groups in total. The predicted molar refractivity (Wildman–Crippen MR) is 74.3 cm³/mol. The molecule has 0 unspecified atom stereocenters. The summed E-state index contributed by atoms with van der Waals surface area (Å²) >= 11 is 0. The fraction of sp³-hybridized carbons (Fsp3) is 0.538. The van der Waals surface area contributed by atoms with Gasteiger partial charge in [-0.1, -0.05) is 0 Å². The topological polar surface area (TPSA) is 81.4 Å². The molecule has 1 aliphatic rings. The minimum atomic E-state index is -3.68. The van der Waals surface area contributed by atoms with E-state index in [1.807, 2.05) is 0 Å². The third-order valence-corrected chi connectivity index (χ3v) is 4.60. The summed E-state index contributed by atoms with van der Waals surface area (Å²) in [5.41, 5.74) is 5.48.